The summed E-state index contributed by atoms with van der Waals surface area (Å²) >= 11 is 0. The second kappa shape index (κ2) is 12.7. The molecule has 18 heavy (non-hydrogen) atoms. The molecule has 0 aliphatic heterocycles. The van der Waals surface area contributed by atoms with Crippen LogP contribution >= 0.6 is 0 Å². The van der Waals surface area contributed by atoms with Crippen LogP contribution < -0.4 is 0 Å². The van der Waals surface area contributed by atoms with Crippen molar-refractivity contribution in [3.63, 3.8) is 0 Å². The second-order valence-electron chi connectivity index (χ2n) is 4.34. The lowest BCUT2D eigenvalue weighted by molar-refractivity contribution is -0.120. The van der Waals surface area contributed by atoms with Gasteiger partial charge in [0.1, 0.15) is 11.6 Å². The Morgan fingerprint density at radius 2 is 1.11 bits per heavy atom. The van der Waals surface area contributed by atoms with Crippen molar-refractivity contribution in [2.75, 3.05) is 14.2 Å². The molecule has 0 spiro atoms. The highest BCUT2D eigenvalue weighted by atomic mass is 16.5. The molecule has 0 aliphatic carbocycles. The zero-order valence-corrected chi connectivity index (χ0v) is 12.6. The molecule has 0 rings (SSSR count). The summed E-state index contributed by atoms with van der Waals surface area (Å²) in [6.07, 6.45) is 3.18. The summed E-state index contributed by atoms with van der Waals surface area (Å²) in [6, 6.07) is 0. The normalized spacial score (nSPS) is 13.2. The van der Waals surface area contributed by atoms with Gasteiger partial charge in [-0.1, -0.05) is 13.8 Å². The number of carbonyl (C=O) groups excluding carboxylic acids is 2. The minimum atomic E-state index is 0.127. The van der Waals surface area contributed by atoms with E-state index in [1.54, 1.807) is 28.1 Å². The lowest BCUT2D eigenvalue weighted by atomic mass is 10.1. The Balaban J connectivity index is 0. The van der Waals surface area contributed by atoms with E-state index >= 15 is 0 Å². The molecule has 2 unspecified atom stereocenters. The maximum atomic E-state index is 10.5. The Hall–Kier alpha value is -0.740. The molecular formula is C14H28O4. The number of ketones is 2. The minimum Gasteiger partial charge on any atom is -0.381 e. The summed E-state index contributed by atoms with van der Waals surface area (Å²) in [7, 11) is 3.27. The fraction of sp³-hybridized carbons (Fsp3) is 0.857. The lowest BCUT2D eigenvalue weighted by Crippen LogP contribution is -2.12. The van der Waals surface area contributed by atoms with Crippen LogP contribution in [0.1, 0.15) is 53.4 Å². The smallest absolute Gasteiger partial charge is 0.132 e. The molecule has 0 bridgehead atoms. The summed E-state index contributed by atoms with van der Waals surface area (Å²) in [5.74, 6) is 0.396. The van der Waals surface area contributed by atoms with Crippen molar-refractivity contribution in [3.05, 3.63) is 0 Å². The van der Waals surface area contributed by atoms with Crippen molar-refractivity contribution >= 4 is 11.6 Å². The predicted octanol–water partition coefficient (Wildman–Crippen LogP) is 2.78. The van der Waals surface area contributed by atoms with Gasteiger partial charge in [0.2, 0.25) is 0 Å². The first-order valence-electron chi connectivity index (χ1n) is 6.45. The number of methoxy groups -OCH3 is 2. The van der Waals surface area contributed by atoms with Crippen LogP contribution in [0.15, 0.2) is 0 Å². The largest absolute Gasteiger partial charge is 0.381 e. The van der Waals surface area contributed by atoms with Gasteiger partial charge in [0.15, 0.2) is 0 Å². The van der Waals surface area contributed by atoms with Crippen molar-refractivity contribution in [3.8, 4) is 0 Å². The molecule has 0 heterocycles. The third kappa shape index (κ3) is 13.3. The zero-order valence-electron chi connectivity index (χ0n) is 12.6. The zero-order chi connectivity index (χ0) is 14.6. The van der Waals surface area contributed by atoms with Crippen molar-refractivity contribution < 1.29 is 19.1 Å². The van der Waals surface area contributed by atoms with E-state index in [4.69, 9.17) is 9.47 Å². The van der Waals surface area contributed by atoms with Crippen LogP contribution in [-0.4, -0.2) is 38.0 Å². The van der Waals surface area contributed by atoms with Gasteiger partial charge in [0.25, 0.3) is 0 Å². The van der Waals surface area contributed by atoms with Crippen LogP contribution in [0.3, 0.4) is 0 Å². The standard InChI is InChI=1S/2C7H14O2/c2*1-4-7(9-3)5-6(2)8/h2*7H,4-5H2,1-3H3. The van der Waals surface area contributed by atoms with Gasteiger partial charge in [-0.3, -0.25) is 9.59 Å². The van der Waals surface area contributed by atoms with Gasteiger partial charge in [-0.15, -0.1) is 0 Å². The third-order valence-corrected chi connectivity index (χ3v) is 2.61. The maximum absolute atomic E-state index is 10.5. The number of hydrogen-bond acceptors (Lipinski definition) is 4. The van der Waals surface area contributed by atoms with E-state index in [1.165, 1.54) is 0 Å². The number of rotatable bonds is 8. The van der Waals surface area contributed by atoms with Gasteiger partial charge in [0.05, 0.1) is 12.2 Å². The molecule has 0 aromatic heterocycles. The molecule has 108 valence electrons. The van der Waals surface area contributed by atoms with E-state index in [0.29, 0.717) is 12.8 Å². The van der Waals surface area contributed by atoms with E-state index in [9.17, 15) is 9.59 Å². The van der Waals surface area contributed by atoms with Crippen LogP contribution in [0.2, 0.25) is 0 Å². The Kier molecular flexibility index (Phi) is 13.8. The minimum absolute atomic E-state index is 0.127. The van der Waals surface area contributed by atoms with E-state index in [0.717, 1.165) is 12.8 Å². The van der Waals surface area contributed by atoms with E-state index in [1.807, 2.05) is 13.8 Å². The van der Waals surface area contributed by atoms with Crippen molar-refractivity contribution in [1.82, 2.24) is 0 Å². The van der Waals surface area contributed by atoms with Gasteiger partial charge in [-0.05, 0) is 26.7 Å². The van der Waals surface area contributed by atoms with Gasteiger partial charge < -0.3 is 9.47 Å². The summed E-state index contributed by atoms with van der Waals surface area (Å²) in [4.78, 5) is 21.0. The highest BCUT2D eigenvalue weighted by Gasteiger charge is 2.06. The molecule has 0 saturated heterocycles. The van der Waals surface area contributed by atoms with Crippen LogP contribution in [0.25, 0.3) is 0 Å². The number of hydrogen-bond donors (Lipinski definition) is 0. The second-order valence-corrected chi connectivity index (χ2v) is 4.34. The van der Waals surface area contributed by atoms with Crippen molar-refractivity contribution in [1.29, 1.82) is 0 Å². The van der Waals surface area contributed by atoms with Gasteiger partial charge >= 0.3 is 0 Å². The first-order valence-corrected chi connectivity index (χ1v) is 6.45. The van der Waals surface area contributed by atoms with Crippen LogP contribution in [0.4, 0.5) is 0 Å². The molecule has 0 aromatic rings. The topological polar surface area (TPSA) is 52.6 Å². The molecule has 0 amide bonds. The van der Waals surface area contributed by atoms with Crippen LogP contribution in [0.5, 0.6) is 0 Å². The Labute approximate surface area is 111 Å². The number of ether oxygens (including phenoxy) is 2. The summed E-state index contributed by atoms with van der Waals surface area (Å²) in [5.41, 5.74) is 0. The Morgan fingerprint density at radius 3 is 1.17 bits per heavy atom. The fourth-order valence-corrected chi connectivity index (χ4v) is 1.43. The van der Waals surface area contributed by atoms with Crippen molar-refractivity contribution in [2.24, 2.45) is 0 Å². The Morgan fingerprint density at radius 1 is 0.833 bits per heavy atom. The van der Waals surface area contributed by atoms with Gasteiger partial charge in [0, 0.05) is 27.1 Å². The highest BCUT2D eigenvalue weighted by molar-refractivity contribution is 5.76. The Bertz CT molecular complexity index is 194. The van der Waals surface area contributed by atoms with E-state index < -0.39 is 0 Å². The summed E-state index contributed by atoms with van der Waals surface area (Å²) in [5, 5.41) is 0. The molecule has 0 N–H and O–H groups in total. The van der Waals surface area contributed by atoms with Crippen LogP contribution in [-0.2, 0) is 19.1 Å². The molecular weight excluding hydrogens is 232 g/mol. The SMILES string of the molecule is CCC(CC(C)=O)OC.CCC(CC(C)=O)OC. The number of Topliss-reactive ketones (excluding diaryl/α,β-unsaturated/α-hetero) is 2. The maximum Gasteiger partial charge on any atom is 0.132 e. The molecule has 0 aliphatic rings. The van der Waals surface area contributed by atoms with Gasteiger partial charge in [-0.25, -0.2) is 0 Å². The molecule has 0 fully saturated rings. The molecule has 4 heteroatoms. The van der Waals surface area contributed by atoms with Crippen LogP contribution in [0, 0.1) is 0 Å². The first-order chi connectivity index (χ1) is 8.40. The summed E-state index contributed by atoms with van der Waals surface area (Å²) < 4.78 is 9.98. The van der Waals surface area contributed by atoms with E-state index in [2.05, 4.69) is 0 Å². The van der Waals surface area contributed by atoms with Crippen molar-refractivity contribution in [2.45, 2.75) is 65.6 Å². The quantitative estimate of drug-likeness (QED) is 0.673. The average molecular weight is 260 g/mol. The summed E-state index contributed by atoms with van der Waals surface area (Å²) in [6.45, 7) is 7.19. The molecule has 2 atom stereocenters. The highest BCUT2D eigenvalue weighted by Crippen LogP contribution is 2.02. The average Bonchev–Trinajstić information content (AvgIpc) is 2.33. The van der Waals surface area contributed by atoms with E-state index in [-0.39, 0.29) is 23.8 Å². The first kappa shape index (κ1) is 19.6. The molecule has 0 aromatic carbocycles. The fourth-order valence-electron chi connectivity index (χ4n) is 1.43. The third-order valence-electron chi connectivity index (χ3n) is 2.61. The molecule has 0 radical (unpaired) electrons. The molecule has 4 nitrogen and oxygen atoms in total. The predicted molar refractivity (Wildman–Crippen MR) is 72.8 cm³/mol. The number of carbonyl (C=O) groups is 2. The molecule has 0 saturated carbocycles. The van der Waals surface area contributed by atoms with Gasteiger partial charge in [-0.2, -0.15) is 0 Å². The lowest BCUT2D eigenvalue weighted by Gasteiger charge is -2.08. The monoisotopic (exact) mass is 260 g/mol.